The van der Waals surface area contributed by atoms with Gasteiger partial charge in [0.25, 0.3) is 0 Å². The van der Waals surface area contributed by atoms with Gasteiger partial charge in [-0.2, -0.15) is 10.5 Å². The van der Waals surface area contributed by atoms with Crippen LogP contribution in [0.15, 0.2) is 91.4 Å². The summed E-state index contributed by atoms with van der Waals surface area (Å²) in [6.07, 6.45) is 5.44. The molecule has 0 fully saturated rings. The molecular weight excluding hydrogens is 640 g/mol. The first kappa shape index (κ1) is 38.4. The molecule has 3 aromatic heterocycles. The van der Waals surface area contributed by atoms with Gasteiger partial charge in [0.15, 0.2) is 0 Å². The molecule has 0 saturated carbocycles. The Labute approximate surface area is 242 Å². The third-order valence-corrected chi connectivity index (χ3v) is 3.83. The Morgan fingerprint density at radius 3 is 1.25 bits per heavy atom. The Morgan fingerprint density at radius 2 is 0.925 bits per heavy atom. The van der Waals surface area contributed by atoms with Crippen molar-refractivity contribution < 1.29 is 44.7 Å². The van der Waals surface area contributed by atoms with Gasteiger partial charge in [0, 0.05) is 38.0 Å². The molecule has 0 spiro atoms. The van der Waals surface area contributed by atoms with Gasteiger partial charge >= 0.3 is 52.5 Å². The van der Waals surface area contributed by atoms with E-state index in [2.05, 4.69) is 40.9 Å². The number of pyridine rings is 3. The summed E-state index contributed by atoms with van der Waals surface area (Å²) in [6, 6.07) is 27.6. The summed E-state index contributed by atoms with van der Waals surface area (Å²) in [7, 11) is -10.7. The maximum Gasteiger partial charge on any atom is 1.00 e. The van der Waals surface area contributed by atoms with Gasteiger partial charge < -0.3 is 0 Å². The number of hydrogen-bond donors (Lipinski definition) is 0. The Bertz CT molecular complexity index is 1260. The zero-order chi connectivity index (χ0) is 30.0. The topological polar surface area (TPSA) is 86.2 Å². The number of halogens is 6. The largest absolute Gasteiger partial charge is 1.00 e. The number of hydrogen-bond acceptors (Lipinski definition) is 5. The van der Waals surface area contributed by atoms with Crippen LogP contribution < -0.4 is 0 Å². The van der Waals surface area contributed by atoms with Crippen molar-refractivity contribution >= 4 is 7.81 Å². The molecule has 13 heteroatoms. The van der Waals surface area contributed by atoms with Gasteiger partial charge in [0.1, 0.15) is 0 Å². The summed E-state index contributed by atoms with van der Waals surface area (Å²) in [4.78, 5) is 12.8. The standard InChI is InChI=1S/C12H12N2.C11H9N.2C2H3N.F6P.Ru/c1-9-3-5-13-11(7-9)12-8-10(2)4-6-14-12;1-2-6-10(7-3-1)11-8-4-5-9-12-11;2*1-2-3;1-7(2,3,4,5)6;/h3-8H,1-2H3;1-9H;2*1H3;;/q;;;;-1;+1. The van der Waals surface area contributed by atoms with Crippen LogP contribution in [0.25, 0.3) is 22.6 Å². The minimum atomic E-state index is -10.7. The smallest absolute Gasteiger partial charge is 0.256 e. The number of nitrogens with zero attached hydrogens (tertiary/aromatic N) is 5. The van der Waals surface area contributed by atoms with E-state index in [1.54, 1.807) is 12.1 Å². The van der Waals surface area contributed by atoms with Crippen LogP contribution >= 0.6 is 7.81 Å². The van der Waals surface area contributed by atoms with Gasteiger partial charge in [-0.25, -0.2) is 0 Å². The molecule has 0 bridgehead atoms. The minimum Gasteiger partial charge on any atom is -0.256 e. The van der Waals surface area contributed by atoms with Crippen molar-refractivity contribution in [1.29, 1.82) is 10.5 Å². The molecule has 215 valence electrons. The van der Waals surface area contributed by atoms with E-state index in [4.69, 9.17) is 10.5 Å². The molecular formula is C27H27F6N5PRu. The predicted molar refractivity (Wildman–Crippen MR) is 143 cm³/mol. The summed E-state index contributed by atoms with van der Waals surface area (Å²) in [6.45, 7) is 6.97. The summed E-state index contributed by atoms with van der Waals surface area (Å²) in [5.74, 6) is 0. The molecule has 0 aliphatic rings. The summed E-state index contributed by atoms with van der Waals surface area (Å²) >= 11 is 0. The predicted octanol–water partition coefficient (Wildman–Crippen LogP) is 9.95. The van der Waals surface area contributed by atoms with E-state index >= 15 is 0 Å². The molecule has 0 atom stereocenters. The first-order chi connectivity index (χ1) is 18.0. The molecule has 0 N–H and O–H groups in total. The fourth-order valence-electron chi connectivity index (χ4n) is 2.49. The van der Waals surface area contributed by atoms with Gasteiger partial charge in [-0.3, -0.25) is 15.0 Å². The third-order valence-electron chi connectivity index (χ3n) is 3.83. The van der Waals surface area contributed by atoms with Crippen LogP contribution in [0.5, 0.6) is 0 Å². The van der Waals surface area contributed by atoms with Crippen molar-refractivity contribution in [2.45, 2.75) is 27.7 Å². The van der Waals surface area contributed by atoms with Gasteiger partial charge in [-0.05, 0) is 61.4 Å². The second-order valence-corrected chi connectivity index (χ2v) is 9.34. The molecule has 3 heterocycles. The van der Waals surface area contributed by atoms with Crippen LogP contribution in [-0.4, -0.2) is 15.0 Å². The third kappa shape index (κ3) is 23.4. The molecule has 0 aliphatic carbocycles. The van der Waals surface area contributed by atoms with Crippen LogP contribution in [0.2, 0.25) is 0 Å². The second-order valence-electron chi connectivity index (χ2n) is 7.42. The van der Waals surface area contributed by atoms with E-state index in [0.717, 1.165) is 22.6 Å². The van der Waals surface area contributed by atoms with Gasteiger partial charge in [-0.1, -0.05) is 36.4 Å². The number of benzene rings is 1. The van der Waals surface area contributed by atoms with Crippen molar-refractivity contribution in [2.24, 2.45) is 0 Å². The van der Waals surface area contributed by atoms with Gasteiger partial charge in [0.2, 0.25) is 0 Å². The number of rotatable bonds is 2. The molecule has 0 amide bonds. The van der Waals surface area contributed by atoms with Crippen LogP contribution in [-0.2, 0) is 19.5 Å². The summed E-state index contributed by atoms with van der Waals surface area (Å²) in [5, 5.41) is 14.6. The fraction of sp³-hybridized carbons (Fsp3) is 0.148. The number of nitriles is 2. The number of aromatic nitrogens is 3. The Morgan fingerprint density at radius 1 is 0.575 bits per heavy atom. The summed E-state index contributed by atoms with van der Waals surface area (Å²) < 4.78 is 59.2. The monoisotopic (exact) mass is 668 g/mol. The Hall–Kier alpha value is -3.72. The van der Waals surface area contributed by atoms with Crippen LogP contribution in [0.1, 0.15) is 25.0 Å². The molecule has 4 rings (SSSR count). The first-order valence-corrected chi connectivity index (χ1v) is 13.0. The zero-order valence-corrected chi connectivity index (χ0v) is 24.6. The second kappa shape index (κ2) is 17.1. The van der Waals surface area contributed by atoms with E-state index < -0.39 is 7.81 Å². The SMILES string of the molecule is CC#N.CC#N.Cc1ccnc(-c2cc(C)ccn2)c1.F[P-](F)(F)(F)(F)F.[Ru+].c1ccc(-c2ccccn2)cc1. The quantitative estimate of drug-likeness (QED) is 0.121. The maximum atomic E-state index is 9.87. The maximum absolute atomic E-state index is 10.7. The molecule has 5 nitrogen and oxygen atoms in total. The Kier molecular flexibility index (Phi) is 16.4. The Balaban J connectivity index is 0. The van der Waals surface area contributed by atoms with Crippen molar-refractivity contribution in [3.63, 3.8) is 0 Å². The number of aryl methyl sites for hydroxylation is 2. The van der Waals surface area contributed by atoms with Crippen LogP contribution in [0.4, 0.5) is 25.2 Å². The molecule has 0 aliphatic heterocycles. The van der Waals surface area contributed by atoms with Crippen molar-refractivity contribution in [2.75, 3.05) is 0 Å². The summed E-state index contributed by atoms with van der Waals surface area (Å²) in [5.41, 5.74) is 6.48. The first-order valence-electron chi connectivity index (χ1n) is 11.0. The molecule has 40 heavy (non-hydrogen) atoms. The van der Waals surface area contributed by atoms with Crippen LogP contribution in [0.3, 0.4) is 0 Å². The van der Waals surface area contributed by atoms with E-state index in [-0.39, 0.29) is 19.5 Å². The van der Waals surface area contributed by atoms with E-state index in [9.17, 15) is 25.2 Å². The van der Waals surface area contributed by atoms with Gasteiger partial charge in [-0.15, -0.1) is 0 Å². The van der Waals surface area contributed by atoms with Gasteiger partial charge in [0.05, 0.1) is 29.2 Å². The fourth-order valence-corrected chi connectivity index (χ4v) is 2.49. The molecule has 0 unspecified atom stereocenters. The van der Waals surface area contributed by atoms with Crippen LogP contribution in [0, 0.1) is 36.5 Å². The average molecular weight is 668 g/mol. The van der Waals surface area contributed by atoms with Crippen molar-refractivity contribution in [3.05, 3.63) is 103 Å². The van der Waals surface area contributed by atoms with Crippen molar-refractivity contribution in [3.8, 4) is 34.8 Å². The van der Waals surface area contributed by atoms with E-state index in [0.29, 0.717) is 0 Å². The van der Waals surface area contributed by atoms with Crippen molar-refractivity contribution in [1.82, 2.24) is 15.0 Å². The normalized spacial score (nSPS) is 10.9. The van der Waals surface area contributed by atoms with E-state index in [1.165, 1.54) is 25.0 Å². The average Bonchev–Trinajstić information content (AvgIpc) is 2.85. The zero-order valence-electron chi connectivity index (χ0n) is 22.0. The van der Waals surface area contributed by atoms with E-state index in [1.807, 2.05) is 79.3 Å². The molecule has 1 radical (unpaired) electrons. The minimum absolute atomic E-state index is 0. The molecule has 1 aromatic carbocycles. The molecule has 4 aromatic rings. The molecule has 0 saturated heterocycles.